The molecule has 1 N–H and O–H groups in total. The molecule has 0 spiro atoms. The maximum atomic E-state index is 13.3. The van der Waals surface area contributed by atoms with Crippen molar-refractivity contribution in [1.82, 2.24) is 5.32 Å². The van der Waals surface area contributed by atoms with Crippen molar-refractivity contribution in [3.05, 3.63) is 101 Å². The average Bonchev–Trinajstić information content (AvgIpc) is 3.08. The summed E-state index contributed by atoms with van der Waals surface area (Å²) in [5.74, 6) is -0.868. The second kappa shape index (κ2) is 8.86. The third-order valence-electron chi connectivity index (χ3n) is 5.32. The van der Waals surface area contributed by atoms with Crippen LogP contribution in [0.4, 0.5) is 22.4 Å². The molecular formula is C25H19F4NO2. The van der Waals surface area contributed by atoms with Crippen LogP contribution in [0.2, 0.25) is 0 Å². The van der Waals surface area contributed by atoms with Crippen LogP contribution in [0.25, 0.3) is 17.2 Å². The Morgan fingerprint density at radius 2 is 1.59 bits per heavy atom. The van der Waals surface area contributed by atoms with E-state index < -0.39 is 23.7 Å². The first kappa shape index (κ1) is 21.6. The van der Waals surface area contributed by atoms with Crippen molar-refractivity contribution in [3.63, 3.8) is 0 Å². The standard InChI is InChI=1S/C25H19F4NO2/c26-17-11-12-23(25(27,28)29)16(14-17)6-5-13-30-24(31)32-15-22-20-9-3-1-7-18(20)19-8-2-4-10-21(19)22/h1-12,14,22H,13,15H2,(H,30,31). The Morgan fingerprint density at radius 3 is 2.22 bits per heavy atom. The van der Waals surface area contributed by atoms with E-state index in [2.05, 4.69) is 5.32 Å². The highest BCUT2D eigenvalue weighted by Gasteiger charge is 2.33. The summed E-state index contributed by atoms with van der Waals surface area (Å²) < 4.78 is 57.8. The molecule has 32 heavy (non-hydrogen) atoms. The maximum Gasteiger partial charge on any atom is 0.416 e. The Morgan fingerprint density at radius 1 is 0.969 bits per heavy atom. The lowest BCUT2D eigenvalue weighted by molar-refractivity contribution is -0.137. The molecule has 3 nitrogen and oxygen atoms in total. The minimum absolute atomic E-state index is 0.0650. The van der Waals surface area contributed by atoms with Gasteiger partial charge >= 0.3 is 12.3 Å². The predicted molar refractivity (Wildman–Crippen MR) is 114 cm³/mol. The van der Waals surface area contributed by atoms with Crippen LogP contribution in [0, 0.1) is 5.82 Å². The van der Waals surface area contributed by atoms with Gasteiger partial charge in [0, 0.05) is 12.5 Å². The zero-order valence-electron chi connectivity index (χ0n) is 16.8. The molecule has 3 aromatic rings. The Kier molecular flexibility index (Phi) is 5.99. The quantitative estimate of drug-likeness (QED) is 0.466. The van der Waals surface area contributed by atoms with Crippen molar-refractivity contribution in [2.45, 2.75) is 12.1 Å². The summed E-state index contributed by atoms with van der Waals surface area (Å²) in [7, 11) is 0. The van der Waals surface area contributed by atoms with Crippen molar-refractivity contribution in [2.24, 2.45) is 0 Å². The minimum atomic E-state index is -4.60. The van der Waals surface area contributed by atoms with Gasteiger partial charge < -0.3 is 10.1 Å². The van der Waals surface area contributed by atoms with Crippen molar-refractivity contribution in [2.75, 3.05) is 13.2 Å². The zero-order valence-corrected chi connectivity index (χ0v) is 16.8. The number of alkyl carbamates (subject to hydrolysis) is 1. The van der Waals surface area contributed by atoms with Gasteiger partial charge in [-0.25, -0.2) is 9.18 Å². The molecule has 1 aliphatic rings. The molecule has 1 aliphatic carbocycles. The number of alkyl halides is 3. The number of ether oxygens (including phenoxy) is 1. The van der Waals surface area contributed by atoms with Gasteiger partial charge in [0.05, 0.1) is 5.56 Å². The highest BCUT2D eigenvalue weighted by Crippen LogP contribution is 2.44. The fraction of sp³-hybridized carbons (Fsp3) is 0.160. The summed E-state index contributed by atoms with van der Waals surface area (Å²) >= 11 is 0. The summed E-state index contributed by atoms with van der Waals surface area (Å²) in [6, 6.07) is 18.1. The molecule has 7 heteroatoms. The summed E-state index contributed by atoms with van der Waals surface area (Å²) in [6.45, 7) is 0.0657. The molecule has 4 rings (SSSR count). The molecule has 0 atom stereocenters. The number of amides is 1. The first-order valence-electron chi connectivity index (χ1n) is 9.96. The zero-order chi connectivity index (χ0) is 22.7. The first-order valence-corrected chi connectivity index (χ1v) is 9.96. The van der Waals surface area contributed by atoms with E-state index in [0.29, 0.717) is 6.07 Å². The number of rotatable bonds is 5. The van der Waals surface area contributed by atoms with Crippen LogP contribution in [0.1, 0.15) is 28.2 Å². The third kappa shape index (κ3) is 4.51. The van der Waals surface area contributed by atoms with Gasteiger partial charge in [0.2, 0.25) is 0 Å². The molecule has 0 radical (unpaired) electrons. The number of benzene rings is 3. The molecule has 0 aromatic heterocycles. The molecule has 0 saturated heterocycles. The number of fused-ring (bicyclic) bond motifs is 3. The summed E-state index contributed by atoms with van der Waals surface area (Å²) in [4.78, 5) is 12.1. The normalized spacial score (nSPS) is 13.1. The lowest BCUT2D eigenvalue weighted by atomic mass is 9.98. The Labute approximate surface area is 182 Å². The highest BCUT2D eigenvalue weighted by atomic mass is 19.4. The van der Waals surface area contributed by atoms with Crippen LogP contribution in [0.5, 0.6) is 0 Å². The predicted octanol–water partition coefficient (Wildman–Crippen LogP) is 6.40. The molecule has 3 aromatic carbocycles. The van der Waals surface area contributed by atoms with E-state index in [1.807, 2.05) is 48.5 Å². The lowest BCUT2D eigenvalue weighted by Gasteiger charge is -2.14. The largest absolute Gasteiger partial charge is 0.449 e. The number of hydrogen-bond donors (Lipinski definition) is 1. The molecule has 0 fully saturated rings. The number of halogens is 4. The second-order valence-corrected chi connectivity index (χ2v) is 7.34. The molecule has 0 heterocycles. The second-order valence-electron chi connectivity index (χ2n) is 7.34. The Bertz CT molecular complexity index is 1130. The number of nitrogens with one attached hydrogen (secondary N) is 1. The van der Waals surface area contributed by atoms with Gasteiger partial charge in [0.25, 0.3) is 0 Å². The van der Waals surface area contributed by atoms with Crippen molar-refractivity contribution in [1.29, 1.82) is 0 Å². The average molecular weight is 441 g/mol. The molecular weight excluding hydrogens is 422 g/mol. The van der Waals surface area contributed by atoms with Crippen molar-refractivity contribution >= 4 is 12.2 Å². The molecule has 0 aliphatic heterocycles. The van der Waals surface area contributed by atoms with E-state index in [9.17, 15) is 22.4 Å². The van der Waals surface area contributed by atoms with E-state index in [0.717, 1.165) is 40.5 Å². The molecule has 0 saturated carbocycles. The van der Waals surface area contributed by atoms with E-state index in [1.54, 1.807) is 0 Å². The number of carbonyl (C=O) groups excluding carboxylic acids is 1. The fourth-order valence-electron chi connectivity index (χ4n) is 3.91. The molecule has 164 valence electrons. The van der Waals surface area contributed by atoms with E-state index in [4.69, 9.17) is 4.74 Å². The van der Waals surface area contributed by atoms with Gasteiger partial charge in [-0.1, -0.05) is 60.7 Å². The fourth-order valence-corrected chi connectivity index (χ4v) is 3.91. The highest BCUT2D eigenvalue weighted by molar-refractivity contribution is 5.79. The third-order valence-corrected chi connectivity index (χ3v) is 5.32. The van der Waals surface area contributed by atoms with E-state index in [1.165, 1.54) is 6.08 Å². The van der Waals surface area contributed by atoms with Gasteiger partial charge in [-0.05, 0) is 46.0 Å². The summed E-state index contributed by atoms with van der Waals surface area (Å²) in [6.07, 6.45) is -2.86. The smallest absolute Gasteiger partial charge is 0.416 e. The van der Waals surface area contributed by atoms with Crippen molar-refractivity contribution < 1.29 is 27.1 Å². The minimum Gasteiger partial charge on any atom is -0.449 e. The van der Waals surface area contributed by atoms with E-state index >= 15 is 0 Å². The van der Waals surface area contributed by atoms with Crippen molar-refractivity contribution in [3.8, 4) is 11.1 Å². The SMILES string of the molecule is O=C(NCC=Cc1cc(F)ccc1C(F)(F)F)OCC1c2ccccc2-c2ccccc21. The van der Waals surface area contributed by atoms with Gasteiger partial charge in [-0.3, -0.25) is 0 Å². The summed E-state index contributed by atoms with van der Waals surface area (Å²) in [5.41, 5.74) is 3.11. The first-order chi connectivity index (χ1) is 15.3. The van der Waals surface area contributed by atoms with Gasteiger partial charge in [-0.2, -0.15) is 13.2 Å². The van der Waals surface area contributed by atoms with Crippen LogP contribution in [-0.2, 0) is 10.9 Å². The topological polar surface area (TPSA) is 38.3 Å². The maximum absolute atomic E-state index is 13.3. The van der Waals surface area contributed by atoms with Crippen LogP contribution < -0.4 is 5.32 Å². The van der Waals surface area contributed by atoms with Crippen LogP contribution in [0.15, 0.2) is 72.8 Å². The summed E-state index contributed by atoms with van der Waals surface area (Å²) in [5, 5.41) is 2.47. The monoisotopic (exact) mass is 441 g/mol. The number of carbonyl (C=O) groups is 1. The Balaban J connectivity index is 1.36. The number of hydrogen-bond acceptors (Lipinski definition) is 2. The Hall–Kier alpha value is -3.61. The van der Waals surface area contributed by atoms with Crippen LogP contribution in [-0.4, -0.2) is 19.2 Å². The van der Waals surface area contributed by atoms with Gasteiger partial charge in [0.1, 0.15) is 12.4 Å². The van der Waals surface area contributed by atoms with Crippen LogP contribution >= 0.6 is 0 Å². The lowest BCUT2D eigenvalue weighted by Crippen LogP contribution is -2.26. The van der Waals surface area contributed by atoms with Gasteiger partial charge in [0.15, 0.2) is 0 Å². The molecule has 0 bridgehead atoms. The van der Waals surface area contributed by atoms with E-state index in [-0.39, 0.29) is 24.6 Å². The molecule has 0 unspecified atom stereocenters. The van der Waals surface area contributed by atoms with Crippen LogP contribution in [0.3, 0.4) is 0 Å². The van der Waals surface area contributed by atoms with Gasteiger partial charge in [-0.15, -0.1) is 0 Å². The molecule has 1 amide bonds.